The van der Waals surface area contributed by atoms with Gasteiger partial charge in [0.1, 0.15) is 5.82 Å². The normalized spacial score (nSPS) is 14.9. The van der Waals surface area contributed by atoms with Crippen LogP contribution in [0.1, 0.15) is 59.6 Å². The fraction of sp³-hybridized carbons (Fsp3) is 0.533. The van der Waals surface area contributed by atoms with Crippen molar-refractivity contribution in [3.8, 4) is 0 Å². The van der Waals surface area contributed by atoms with Gasteiger partial charge in [0.05, 0.1) is 31.5 Å². The molecular weight excluding hydrogens is 455 g/mol. The molecule has 0 amide bonds. The van der Waals surface area contributed by atoms with E-state index in [4.69, 9.17) is 13.9 Å². The van der Waals surface area contributed by atoms with Crippen LogP contribution in [0.5, 0.6) is 0 Å². The lowest BCUT2D eigenvalue weighted by Gasteiger charge is -2.47. The third-order valence-electron chi connectivity index (χ3n) is 7.01. The number of rotatable bonds is 15. The van der Waals surface area contributed by atoms with Gasteiger partial charge in [0, 0.05) is 6.42 Å². The summed E-state index contributed by atoms with van der Waals surface area (Å²) in [5.41, 5.74) is 3.42. The van der Waals surface area contributed by atoms with Gasteiger partial charge in [-0.05, 0) is 46.8 Å². The zero-order valence-corrected chi connectivity index (χ0v) is 23.7. The summed E-state index contributed by atoms with van der Waals surface area (Å²) in [5.74, 6) is -0.240. The number of ether oxygens (including phenoxy) is 2. The Kier molecular flexibility index (Phi) is 11.8. The summed E-state index contributed by atoms with van der Waals surface area (Å²) in [7, 11) is -2.24. The van der Waals surface area contributed by atoms with Gasteiger partial charge >= 0.3 is 0 Å². The first kappa shape index (κ1) is 29.4. The topological polar surface area (TPSA) is 27.7 Å². The van der Waals surface area contributed by atoms with Crippen LogP contribution in [0.4, 0.5) is 4.39 Å². The molecule has 0 aliphatic carbocycles. The predicted octanol–water partition coefficient (Wildman–Crippen LogP) is 8.11. The van der Waals surface area contributed by atoms with Crippen molar-refractivity contribution >= 4 is 8.32 Å². The summed E-state index contributed by atoms with van der Waals surface area (Å²) < 4.78 is 33.7. The minimum Gasteiger partial charge on any atom is -0.408 e. The number of hydrogen-bond acceptors (Lipinski definition) is 3. The van der Waals surface area contributed by atoms with Crippen molar-refractivity contribution in [2.45, 2.75) is 96.4 Å². The van der Waals surface area contributed by atoms with Gasteiger partial charge in [-0.25, -0.2) is 4.39 Å². The Bertz CT molecular complexity index is 845. The molecule has 0 saturated carbocycles. The van der Waals surface area contributed by atoms with Crippen molar-refractivity contribution in [2.75, 3.05) is 6.61 Å². The highest BCUT2D eigenvalue weighted by molar-refractivity contribution is 6.77. The lowest BCUT2D eigenvalue weighted by molar-refractivity contribution is -0.0992. The Balaban J connectivity index is 2.43. The van der Waals surface area contributed by atoms with Gasteiger partial charge < -0.3 is 13.9 Å². The van der Waals surface area contributed by atoms with Gasteiger partial charge in [-0.15, -0.1) is 6.58 Å². The molecule has 2 rings (SSSR count). The Morgan fingerprint density at radius 2 is 1.37 bits per heavy atom. The summed E-state index contributed by atoms with van der Waals surface area (Å²) >= 11 is 0. The maximum Gasteiger partial charge on any atom is 0.201 e. The molecule has 0 heterocycles. The smallest absolute Gasteiger partial charge is 0.201 e. The summed E-state index contributed by atoms with van der Waals surface area (Å²) in [6.45, 7) is 20.6. The van der Waals surface area contributed by atoms with Crippen molar-refractivity contribution in [1.29, 1.82) is 0 Å². The standard InChI is InChI=1S/C30H45FO3Si/c1-9-19-32-29(20-26-15-17-28(31)18-16-26)30(25(8)33-21-27-13-11-10-12-14-27)34-35(22(2)3,23(4)5)24(6)7/h9-18,22-25,29-30H,1,19-21H2,2-8H3/t25-,29+,30-/m0/s1. The highest BCUT2D eigenvalue weighted by Crippen LogP contribution is 2.44. The minimum atomic E-state index is -2.24. The average molecular weight is 501 g/mol. The van der Waals surface area contributed by atoms with Gasteiger partial charge in [0.25, 0.3) is 0 Å². The first-order valence-electron chi connectivity index (χ1n) is 12.9. The third-order valence-corrected chi connectivity index (χ3v) is 13.1. The van der Waals surface area contributed by atoms with Crippen molar-refractivity contribution in [1.82, 2.24) is 0 Å². The lowest BCUT2D eigenvalue weighted by Crippen LogP contribution is -2.56. The molecule has 0 saturated heterocycles. The van der Waals surface area contributed by atoms with Crippen molar-refractivity contribution in [3.63, 3.8) is 0 Å². The van der Waals surface area contributed by atoms with Gasteiger partial charge in [-0.2, -0.15) is 0 Å². The van der Waals surface area contributed by atoms with E-state index in [0.717, 1.165) is 11.1 Å². The highest BCUT2D eigenvalue weighted by Gasteiger charge is 2.49. The van der Waals surface area contributed by atoms with Crippen molar-refractivity contribution in [3.05, 3.63) is 84.2 Å². The maximum atomic E-state index is 13.6. The van der Waals surface area contributed by atoms with Gasteiger partial charge in [0.2, 0.25) is 8.32 Å². The quantitative estimate of drug-likeness (QED) is 0.183. The zero-order valence-electron chi connectivity index (χ0n) is 22.7. The Labute approximate surface area is 213 Å². The summed E-state index contributed by atoms with van der Waals surface area (Å²) in [5, 5.41) is 0. The van der Waals surface area contributed by atoms with Crippen LogP contribution in [-0.4, -0.2) is 33.2 Å². The first-order chi connectivity index (χ1) is 16.6. The first-order valence-corrected chi connectivity index (χ1v) is 15.1. The van der Waals surface area contributed by atoms with Crippen LogP contribution in [0.15, 0.2) is 67.3 Å². The fourth-order valence-electron chi connectivity index (χ4n) is 5.33. The Morgan fingerprint density at radius 1 is 0.800 bits per heavy atom. The van der Waals surface area contributed by atoms with E-state index in [2.05, 4.69) is 67.2 Å². The molecule has 0 spiro atoms. The van der Waals surface area contributed by atoms with E-state index in [-0.39, 0.29) is 24.1 Å². The van der Waals surface area contributed by atoms with Crippen LogP contribution in [-0.2, 0) is 26.9 Å². The van der Waals surface area contributed by atoms with E-state index in [9.17, 15) is 4.39 Å². The van der Waals surface area contributed by atoms with E-state index in [1.54, 1.807) is 6.08 Å². The van der Waals surface area contributed by atoms with Crippen LogP contribution in [0, 0.1) is 5.82 Å². The number of hydrogen-bond donors (Lipinski definition) is 0. The SMILES string of the molecule is C=CCO[C@H](Cc1ccc(F)cc1)[C@@H](O[Si](C(C)C)(C(C)C)C(C)C)[C@H](C)OCc1ccccc1. The van der Waals surface area contributed by atoms with Gasteiger partial charge in [0.15, 0.2) is 0 Å². The molecule has 0 unspecified atom stereocenters. The predicted molar refractivity (Wildman–Crippen MR) is 147 cm³/mol. The molecule has 5 heteroatoms. The van der Waals surface area contributed by atoms with Gasteiger partial charge in [-0.1, -0.05) is 90.1 Å². The number of halogens is 1. The van der Waals surface area contributed by atoms with Gasteiger partial charge in [-0.3, -0.25) is 0 Å². The molecule has 35 heavy (non-hydrogen) atoms. The zero-order chi connectivity index (χ0) is 26.0. The molecule has 3 nitrogen and oxygen atoms in total. The molecule has 0 fully saturated rings. The Hall–Kier alpha value is -1.79. The third kappa shape index (κ3) is 8.11. The van der Waals surface area contributed by atoms with E-state index >= 15 is 0 Å². The van der Waals surface area contributed by atoms with Crippen LogP contribution < -0.4 is 0 Å². The van der Waals surface area contributed by atoms with E-state index < -0.39 is 8.32 Å². The van der Waals surface area contributed by atoms with Crippen LogP contribution >= 0.6 is 0 Å². The van der Waals surface area contributed by atoms with Crippen molar-refractivity contribution < 1.29 is 18.3 Å². The average Bonchev–Trinajstić information content (AvgIpc) is 2.82. The molecule has 0 aliphatic rings. The minimum absolute atomic E-state index is 0.200. The molecule has 0 aromatic heterocycles. The second-order valence-electron chi connectivity index (χ2n) is 10.4. The highest BCUT2D eigenvalue weighted by atomic mass is 28.4. The molecule has 2 aromatic rings. The van der Waals surface area contributed by atoms with E-state index in [0.29, 0.717) is 36.3 Å². The summed E-state index contributed by atoms with van der Waals surface area (Å²) in [6, 6.07) is 16.8. The molecule has 194 valence electrons. The second-order valence-corrected chi connectivity index (χ2v) is 15.8. The molecule has 0 aliphatic heterocycles. The molecule has 3 atom stereocenters. The maximum absolute atomic E-state index is 13.6. The van der Waals surface area contributed by atoms with Crippen LogP contribution in [0.3, 0.4) is 0 Å². The Morgan fingerprint density at radius 3 is 1.89 bits per heavy atom. The fourth-order valence-corrected chi connectivity index (χ4v) is 11.0. The van der Waals surface area contributed by atoms with E-state index in [1.807, 2.05) is 30.3 Å². The molecule has 0 bridgehead atoms. The largest absolute Gasteiger partial charge is 0.408 e. The molecule has 0 N–H and O–H groups in total. The summed E-state index contributed by atoms with van der Waals surface area (Å²) in [4.78, 5) is 0. The van der Waals surface area contributed by atoms with Crippen LogP contribution in [0.2, 0.25) is 16.6 Å². The lowest BCUT2D eigenvalue weighted by atomic mass is 10.0. The second kappa shape index (κ2) is 14.1. The van der Waals surface area contributed by atoms with E-state index in [1.165, 1.54) is 12.1 Å². The summed E-state index contributed by atoms with van der Waals surface area (Å²) in [6.07, 6.45) is 1.64. The molecule has 2 aromatic carbocycles. The molecular formula is C30H45FO3Si. The molecule has 0 radical (unpaired) electrons. The monoisotopic (exact) mass is 500 g/mol. The number of benzene rings is 2. The van der Waals surface area contributed by atoms with Crippen LogP contribution in [0.25, 0.3) is 0 Å². The van der Waals surface area contributed by atoms with Crippen molar-refractivity contribution in [2.24, 2.45) is 0 Å².